The number of sulfonamides is 1. The fraction of sp³-hybridized carbons (Fsp3) is 0.182. The van der Waals surface area contributed by atoms with Gasteiger partial charge in [0.2, 0.25) is 15.9 Å². The Bertz CT molecular complexity index is 649. The molecule has 1 aromatic carbocycles. The van der Waals surface area contributed by atoms with E-state index in [1.807, 2.05) is 0 Å². The number of benzene rings is 1. The summed E-state index contributed by atoms with van der Waals surface area (Å²) < 4.78 is 31.2. The third-order valence-electron chi connectivity index (χ3n) is 2.24. The average Bonchev–Trinajstić information content (AvgIpc) is 2.73. The van der Waals surface area contributed by atoms with Gasteiger partial charge in [-0.2, -0.15) is 0 Å². The second kappa shape index (κ2) is 4.79. The summed E-state index contributed by atoms with van der Waals surface area (Å²) in [4.78, 5) is 3.71. The molecule has 1 heterocycles. The van der Waals surface area contributed by atoms with E-state index in [9.17, 15) is 13.5 Å². The quantitative estimate of drug-likeness (QED) is 0.868. The summed E-state index contributed by atoms with van der Waals surface area (Å²) in [5.74, 6) is 0.576. The highest BCUT2D eigenvalue weighted by Gasteiger charge is 2.18. The highest BCUT2D eigenvalue weighted by atomic mass is 32.2. The van der Waals surface area contributed by atoms with Gasteiger partial charge in [0.05, 0.1) is 12.7 Å². The van der Waals surface area contributed by atoms with Crippen molar-refractivity contribution in [1.29, 1.82) is 0 Å². The van der Waals surface area contributed by atoms with Crippen LogP contribution >= 0.6 is 0 Å². The Labute approximate surface area is 104 Å². The van der Waals surface area contributed by atoms with Crippen LogP contribution in [-0.4, -0.2) is 18.5 Å². The second-order valence-corrected chi connectivity index (χ2v) is 5.39. The van der Waals surface area contributed by atoms with Crippen LogP contribution in [0.5, 0.6) is 5.75 Å². The van der Waals surface area contributed by atoms with Gasteiger partial charge in [0.15, 0.2) is 0 Å². The average molecular weight is 268 g/mol. The molecule has 0 aliphatic heterocycles. The number of oxazole rings is 1. The SMILES string of the molecule is Cc1cnc(CNS(=O)(=O)c2ccccc2O)o1. The number of aromatic hydroxyl groups is 1. The summed E-state index contributed by atoms with van der Waals surface area (Å²) in [7, 11) is -3.78. The van der Waals surface area contributed by atoms with Gasteiger partial charge in [-0.15, -0.1) is 0 Å². The van der Waals surface area contributed by atoms with Crippen LogP contribution in [-0.2, 0) is 16.6 Å². The maximum absolute atomic E-state index is 11.9. The fourth-order valence-electron chi connectivity index (χ4n) is 1.40. The summed E-state index contributed by atoms with van der Waals surface area (Å²) in [5, 5.41) is 9.49. The number of nitrogens with zero attached hydrogens (tertiary/aromatic N) is 1. The van der Waals surface area contributed by atoms with Crippen LogP contribution in [0.2, 0.25) is 0 Å². The molecule has 0 radical (unpaired) electrons. The minimum absolute atomic E-state index is 0.0650. The molecule has 0 amide bonds. The highest BCUT2D eigenvalue weighted by Crippen LogP contribution is 2.21. The zero-order chi connectivity index (χ0) is 13.2. The smallest absolute Gasteiger partial charge is 0.244 e. The molecule has 0 bridgehead atoms. The first-order valence-corrected chi connectivity index (χ1v) is 6.66. The van der Waals surface area contributed by atoms with Gasteiger partial charge in [0, 0.05) is 0 Å². The van der Waals surface area contributed by atoms with Crippen molar-refractivity contribution in [2.75, 3.05) is 0 Å². The molecule has 2 N–H and O–H groups in total. The lowest BCUT2D eigenvalue weighted by atomic mass is 10.3. The van der Waals surface area contributed by atoms with E-state index in [4.69, 9.17) is 4.42 Å². The molecule has 0 saturated carbocycles. The van der Waals surface area contributed by atoms with Crippen molar-refractivity contribution in [3.8, 4) is 5.75 Å². The van der Waals surface area contributed by atoms with Crippen molar-refractivity contribution in [2.24, 2.45) is 0 Å². The van der Waals surface area contributed by atoms with E-state index in [0.29, 0.717) is 5.76 Å². The third-order valence-corrected chi connectivity index (χ3v) is 3.69. The van der Waals surface area contributed by atoms with Crippen LogP contribution in [0.4, 0.5) is 0 Å². The Hall–Kier alpha value is -1.86. The molecule has 2 aromatic rings. The van der Waals surface area contributed by atoms with Gasteiger partial charge in [0.25, 0.3) is 0 Å². The Morgan fingerprint density at radius 1 is 1.39 bits per heavy atom. The summed E-state index contributed by atoms with van der Waals surface area (Å²) >= 11 is 0. The summed E-state index contributed by atoms with van der Waals surface area (Å²) in [6.07, 6.45) is 1.50. The predicted octanol–water partition coefficient (Wildman–Crippen LogP) is 1.17. The van der Waals surface area contributed by atoms with E-state index in [0.717, 1.165) is 0 Å². The van der Waals surface area contributed by atoms with Crippen molar-refractivity contribution >= 4 is 10.0 Å². The Kier molecular flexibility index (Phi) is 3.35. The number of nitrogens with one attached hydrogen (secondary N) is 1. The minimum atomic E-state index is -3.78. The van der Waals surface area contributed by atoms with Gasteiger partial charge < -0.3 is 9.52 Å². The topological polar surface area (TPSA) is 92.4 Å². The second-order valence-electron chi connectivity index (χ2n) is 3.66. The van der Waals surface area contributed by atoms with E-state index in [2.05, 4.69) is 9.71 Å². The summed E-state index contributed by atoms with van der Waals surface area (Å²) in [5.41, 5.74) is 0. The lowest BCUT2D eigenvalue weighted by Gasteiger charge is -2.06. The molecule has 18 heavy (non-hydrogen) atoms. The summed E-state index contributed by atoms with van der Waals surface area (Å²) in [6.45, 7) is 1.65. The van der Waals surface area contributed by atoms with Crippen molar-refractivity contribution in [1.82, 2.24) is 9.71 Å². The molecule has 0 spiro atoms. The monoisotopic (exact) mass is 268 g/mol. The van der Waals surface area contributed by atoms with Crippen LogP contribution in [0.1, 0.15) is 11.7 Å². The van der Waals surface area contributed by atoms with E-state index in [1.54, 1.807) is 13.0 Å². The highest BCUT2D eigenvalue weighted by molar-refractivity contribution is 7.89. The number of phenolic OH excluding ortho intramolecular Hbond substituents is 1. The first-order valence-electron chi connectivity index (χ1n) is 5.18. The van der Waals surface area contributed by atoms with Gasteiger partial charge in [-0.3, -0.25) is 0 Å². The molecule has 0 unspecified atom stereocenters. The molecule has 7 heteroatoms. The van der Waals surface area contributed by atoms with E-state index >= 15 is 0 Å². The van der Waals surface area contributed by atoms with Crippen LogP contribution in [0.15, 0.2) is 39.8 Å². The molecule has 2 rings (SSSR count). The fourth-order valence-corrected chi connectivity index (χ4v) is 2.47. The molecule has 6 nitrogen and oxygen atoms in total. The van der Waals surface area contributed by atoms with E-state index in [1.165, 1.54) is 24.4 Å². The van der Waals surface area contributed by atoms with Crippen molar-refractivity contribution in [3.63, 3.8) is 0 Å². The van der Waals surface area contributed by atoms with Crippen molar-refractivity contribution in [2.45, 2.75) is 18.4 Å². The molecule has 0 atom stereocenters. The maximum Gasteiger partial charge on any atom is 0.244 e. The van der Waals surface area contributed by atoms with Gasteiger partial charge >= 0.3 is 0 Å². The molecule has 0 aliphatic rings. The predicted molar refractivity (Wildman–Crippen MR) is 63.4 cm³/mol. The molecule has 0 fully saturated rings. The molecule has 1 aromatic heterocycles. The normalized spacial score (nSPS) is 11.6. The molecular weight excluding hydrogens is 256 g/mol. The maximum atomic E-state index is 11.9. The molecule has 0 aliphatic carbocycles. The number of phenols is 1. The number of rotatable bonds is 4. The lowest BCUT2D eigenvalue weighted by Crippen LogP contribution is -2.23. The number of para-hydroxylation sites is 1. The Morgan fingerprint density at radius 2 is 2.11 bits per heavy atom. The van der Waals surface area contributed by atoms with Crippen LogP contribution < -0.4 is 4.72 Å². The van der Waals surface area contributed by atoms with Gasteiger partial charge in [0.1, 0.15) is 16.4 Å². The zero-order valence-corrected chi connectivity index (χ0v) is 10.4. The number of hydrogen-bond acceptors (Lipinski definition) is 5. The largest absolute Gasteiger partial charge is 0.507 e. The summed E-state index contributed by atoms with van der Waals surface area (Å²) in [6, 6.07) is 5.71. The molecular formula is C11H12N2O4S. The number of aryl methyl sites for hydroxylation is 1. The van der Waals surface area contributed by atoms with Crippen LogP contribution in [0, 0.1) is 6.92 Å². The Balaban J connectivity index is 2.16. The van der Waals surface area contributed by atoms with Crippen LogP contribution in [0.25, 0.3) is 0 Å². The first-order chi connectivity index (χ1) is 8.49. The zero-order valence-electron chi connectivity index (χ0n) is 9.62. The van der Waals surface area contributed by atoms with E-state index < -0.39 is 10.0 Å². The first kappa shape index (κ1) is 12.6. The van der Waals surface area contributed by atoms with E-state index in [-0.39, 0.29) is 23.1 Å². The van der Waals surface area contributed by atoms with Crippen molar-refractivity contribution in [3.05, 3.63) is 42.1 Å². The molecule has 0 saturated heterocycles. The van der Waals surface area contributed by atoms with Crippen LogP contribution in [0.3, 0.4) is 0 Å². The standard InChI is InChI=1S/C11H12N2O4S/c1-8-6-12-11(17-8)7-13-18(15,16)10-5-3-2-4-9(10)14/h2-6,13-14H,7H2,1H3. The Morgan fingerprint density at radius 3 is 2.72 bits per heavy atom. The van der Waals surface area contributed by atoms with Crippen molar-refractivity contribution < 1.29 is 17.9 Å². The lowest BCUT2D eigenvalue weighted by molar-refractivity contribution is 0.452. The van der Waals surface area contributed by atoms with Gasteiger partial charge in [-0.1, -0.05) is 12.1 Å². The third kappa shape index (κ3) is 2.69. The number of aromatic nitrogens is 1. The number of hydrogen-bond donors (Lipinski definition) is 2. The van der Waals surface area contributed by atoms with Gasteiger partial charge in [-0.25, -0.2) is 18.1 Å². The molecule has 96 valence electrons. The minimum Gasteiger partial charge on any atom is -0.507 e. The van der Waals surface area contributed by atoms with Gasteiger partial charge in [-0.05, 0) is 19.1 Å².